The Labute approximate surface area is 173 Å². The van der Waals surface area contributed by atoms with Gasteiger partial charge in [-0.25, -0.2) is 0 Å². The van der Waals surface area contributed by atoms with Crippen molar-refractivity contribution in [3.8, 4) is 0 Å². The second-order valence-electron chi connectivity index (χ2n) is 5.05. The molecule has 4 nitrogen and oxygen atoms in total. The molecule has 1 amide bonds. The fraction of sp³-hybridized carbons (Fsp3) is 0. The number of hydrogen-bond acceptors (Lipinski definition) is 4. The first-order valence-electron chi connectivity index (χ1n) is 7.14. The molecule has 0 spiro atoms. The third-order valence-electron chi connectivity index (χ3n) is 3.21. The minimum atomic E-state index is -0.278. The first kappa shape index (κ1) is 19.3. The van der Waals surface area contributed by atoms with Gasteiger partial charge in [0.1, 0.15) is 0 Å². The topological polar surface area (TPSA) is 53.8 Å². The SMILES string of the molecule is O=C1N/C(=N\N=Cc2ccc(Cl)cc2Cl)SC1=Cc1ccc(Cl)cc1Cl. The smallest absolute Gasteiger partial charge is 0.264 e. The van der Waals surface area contributed by atoms with Gasteiger partial charge >= 0.3 is 0 Å². The summed E-state index contributed by atoms with van der Waals surface area (Å²) in [6.45, 7) is 0. The standard InChI is InChI=1S/C17H9Cl4N3OS/c18-11-3-1-9(13(20)6-11)5-15-16(25)23-17(26-15)24-22-8-10-2-4-12(19)7-14(10)21/h1-8H,(H,23,24,25). The van der Waals surface area contributed by atoms with Crippen LogP contribution in [0.2, 0.25) is 20.1 Å². The predicted molar refractivity (Wildman–Crippen MR) is 112 cm³/mol. The van der Waals surface area contributed by atoms with E-state index in [2.05, 4.69) is 15.5 Å². The van der Waals surface area contributed by atoms with Crippen LogP contribution in [0.5, 0.6) is 0 Å². The van der Waals surface area contributed by atoms with Crippen molar-refractivity contribution in [1.82, 2.24) is 5.32 Å². The summed E-state index contributed by atoms with van der Waals surface area (Å²) in [5.74, 6) is -0.278. The maximum atomic E-state index is 12.1. The van der Waals surface area contributed by atoms with Crippen molar-refractivity contribution in [3.05, 3.63) is 72.5 Å². The zero-order valence-corrected chi connectivity index (χ0v) is 16.7. The second kappa shape index (κ2) is 8.46. The van der Waals surface area contributed by atoms with Gasteiger partial charge in [0.05, 0.1) is 16.1 Å². The second-order valence-corrected chi connectivity index (χ2v) is 7.76. The Morgan fingerprint density at radius 1 is 0.923 bits per heavy atom. The van der Waals surface area contributed by atoms with E-state index in [-0.39, 0.29) is 5.91 Å². The van der Waals surface area contributed by atoms with E-state index in [0.717, 1.165) is 11.8 Å². The average Bonchev–Trinajstić information content (AvgIpc) is 2.92. The molecule has 2 aromatic carbocycles. The Morgan fingerprint density at radius 2 is 1.54 bits per heavy atom. The van der Waals surface area contributed by atoms with Crippen LogP contribution >= 0.6 is 58.2 Å². The third-order valence-corrected chi connectivity index (χ3v) is 5.23. The molecule has 1 heterocycles. The van der Waals surface area contributed by atoms with Gasteiger partial charge in [0.25, 0.3) is 5.91 Å². The molecule has 0 aromatic heterocycles. The summed E-state index contributed by atoms with van der Waals surface area (Å²) in [7, 11) is 0. The summed E-state index contributed by atoms with van der Waals surface area (Å²) >= 11 is 25.1. The van der Waals surface area contributed by atoms with E-state index < -0.39 is 0 Å². The quantitative estimate of drug-likeness (QED) is 0.364. The van der Waals surface area contributed by atoms with Crippen molar-refractivity contribution in [2.75, 3.05) is 0 Å². The average molecular weight is 445 g/mol. The summed E-state index contributed by atoms with van der Waals surface area (Å²) < 4.78 is 0. The van der Waals surface area contributed by atoms with Gasteiger partial charge in [0.2, 0.25) is 0 Å². The van der Waals surface area contributed by atoms with Gasteiger partial charge in [-0.2, -0.15) is 5.10 Å². The molecule has 1 fully saturated rings. The Kier molecular flexibility index (Phi) is 6.27. The fourth-order valence-electron chi connectivity index (χ4n) is 1.98. The number of halogens is 4. The van der Waals surface area contributed by atoms with Crippen LogP contribution in [-0.4, -0.2) is 17.3 Å². The van der Waals surface area contributed by atoms with Gasteiger partial charge in [0.15, 0.2) is 5.17 Å². The van der Waals surface area contributed by atoms with E-state index in [0.29, 0.717) is 41.3 Å². The summed E-state index contributed by atoms with van der Waals surface area (Å²) in [5.41, 5.74) is 1.35. The van der Waals surface area contributed by atoms with Crippen LogP contribution in [0.4, 0.5) is 0 Å². The molecule has 1 saturated heterocycles. The minimum Gasteiger partial charge on any atom is -0.299 e. The zero-order chi connectivity index (χ0) is 18.7. The Hall–Kier alpha value is -1.50. The molecule has 9 heteroatoms. The monoisotopic (exact) mass is 443 g/mol. The van der Waals surface area contributed by atoms with Crippen molar-refractivity contribution in [2.24, 2.45) is 10.2 Å². The summed E-state index contributed by atoms with van der Waals surface area (Å²) in [6.07, 6.45) is 3.15. The van der Waals surface area contributed by atoms with Gasteiger partial charge in [-0.3, -0.25) is 10.1 Å². The molecule has 2 aromatic rings. The number of nitrogens with one attached hydrogen (secondary N) is 1. The van der Waals surface area contributed by atoms with Gasteiger partial charge in [0, 0.05) is 20.6 Å². The normalized spacial score (nSPS) is 17.5. The Bertz CT molecular complexity index is 972. The number of amidine groups is 1. The number of carbonyl (C=O) groups excluding carboxylic acids is 1. The molecule has 3 rings (SSSR count). The number of nitrogens with zero attached hydrogens (tertiary/aromatic N) is 2. The lowest BCUT2D eigenvalue weighted by Gasteiger charge is -1.99. The highest BCUT2D eigenvalue weighted by Crippen LogP contribution is 2.29. The first-order chi connectivity index (χ1) is 12.4. The van der Waals surface area contributed by atoms with Crippen molar-refractivity contribution < 1.29 is 4.79 Å². The maximum Gasteiger partial charge on any atom is 0.264 e. The number of hydrogen-bond donors (Lipinski definition) is 1. The van der Waals surface area contributed by atoms with E-state index in [1.54, 1.807) is 42.5 Å². The first-order valence-corrected chi connectivity index (χ1v) is 9.47. The molecule has 1 aliphatic heterocycles. The van der Waals surface area contributed by atoms with Gasteiger partial charge in [-0.15, -0.1) is 5.10 Å². The zero-order valence-electron chi connectivity index (χ0n) is 12.8. The summed E-state index contributed by atoms with van der Waals surface area (Å²) in [6, 6.07) is 10.1. The van der Waals surface area contributed by atoms with E-state index >= 15 is 0 Å². The van der Waals surface area contributed by atoms with E-state index in [1.807, 2.05) is 0 Å². The van der Waals surface area contributed by atoms with Crippen molar-refractivity contribution in [1.29, 1.82) is 0 Å². The highest BCUT2D eigenvalue weighted by Gasteiger charge is 2.24. The maximum absolute atomic E-state index is 12.1. The van der Waals surface area contributed by atoms with Crippen LogP contribution in [-0.2, 0) is 4.79 Å². The van der Waals surface area contributed by atoms with Crippen LogP contribution in [0, 0.1) is 0 Å². The Morgan fingerprint density at radius 3 is 2.15 bits per heavy atom. The molecule has 0 atom stereocenters. The van der Waals surface area contributed by atoms with Gasteiger partial charge in [-0.1, -0.05) is 58.5 Å². The molecule has 0 unspecified atom stereocenters. The largest absolute Gasteiger partial charge is 0.299 e. The highest BCUT2D eigenvalue weighted by atomic mass is 35.5. The van der Waals surface area contributed by atoms with Crippen LogP contribution in [0.1, 0.15) is 11.1 Å². The lowest BCUT2D eigenvalue weighted by molar-refractivity contribution is -0.115. The highest BCUT2D eigenvalue weighted by molar-refractivity contribution is 8.18. The van der Waals surface area contributed by atoms with Crippen molar-refractivity contribution in [3.63, 3.8) is 0 Å². The van der Waals surface area contributed by atoms with Crippen LogP contribution in [0.15, 0.2) is 51.5 Å². The van der Waals surface area contributed by atoms with Crippen LogP contribution in [0.3, 0.4) is 0 Å². The van der Waals surface area contributed by atoms with Crippen LogP contribution < -0.4 is 5.32 Å². The number of thioether (sulfide) groups is 1. The lowest BCUT2D eigenvalue weighted by atomic mass is 10.2. The van der Waals surface area contributed by atoms with E-state index in [4.69, 9.17) is 46.4 Å². The summed E-state index contributed by atoms with van der Waals surface area (Å²) in [4.78, 5) is 12.5. The number of amides is 1. The molecule has 1 aliphatic rings. The minimum absolute atomic E-state index is 0.278. The molecule has 0 bridgehead atoms. The van der Waals surface area contributed by atoms with E-state index in [1.165, 1.54) is 6.21 Å². The number of rotatable bonds is 3. The molecule has 132 valence electrons. The van der Waals surface area contributed by atoms with Gasteiger partial charge < -0.3 is 0 Å². The van der Waals surface area contributed by atoms with Gasteiger partial charge in [-0.05, 0) is 47.7 Å². The molecule has 0 saturated carbocycles. The predicted octanol–water partition coefficient (Wildman–Crippen LogP) is 5.89. The third kappa shape index (κ3) is 4.81. The van der Waals surface area contributed by atoms with Crippen molar-refractivity contribution in [2.45, 2.75) is 0 Å². The van der Waals surface area contributed by atoms with Crippen LogP contribution in [0.25, 0.3) is 6.08 Å². The molecular weight excluding hydrogens is 436 g/mol. The van der Waals surface area contributed by atoms with Crippen molar-refractivity contribution >= 4 is 81.5 Å². The number of carbonyl (C=O) groups is 1. The lowest BCUT2D eigenvalue weighted by Crippen LogP contribution is -2.19. The Balaban J connectivity index is 1.75. The molecule has 1 N–H and O–H groups in total. The molecule has 0 aliphatic carbocycles. The number of benzene rings is 2. The molecular formula is C17H9Cl4N3OS. The molecule has 0 radical (unpaired) electrons. The fourth-order valence-corrected chi connectivity index (χ4v) is 3.67. The summed E-state index contributed by atoms with van der Waals surface area (Å²) in [5, 5.41) is 12.9. The van der Waals surface area contributed by atoms with E-state index in [9.17, 15) is 4.79 Å². The molecule has 26 heavy (non-hydrogen) atoms.